The van der Waals surface area contributed by atoms with Gasteiger partial charge >= 0.3 is 0 Å². The first-order valence-electron chi connectivity index (χ1n) is 6.48. The third-order valence-electron chi connectivity index (χ3n) is 2.63. The van der Waals surface area contributed by atoms with Gasteiger partial charge in [0, 0.05) is 5.56 Å². The van der Waals surface area contributed by atoms with Crippen molar-refractivity contribution < 1.29 is 0 Å². The van der Waals surface area contributed by atoms with Crippen molar-refractivity contribution in [2.75, 3.05) is 0 Å². The first-order valence-corrected chi connectivity index (χ1v) is 6.48. The number of hydrogen-bond acceptors (Lipinski definition) is 0. The van der Waals surface area contributed by atoms with Gasteiger partial charge in [0.05, 0.1) is 0 Å². The van der Waals surface area contributed by atoms with E-state index in [0.29, 0.717) is 0 Å². The number of allylic oxidation sites excluding steroid dienone is 2. The molecule has 0 aliphatic carbocycles. The average molecular weight is 240 g/mol. The third kappa shape index (κ3) is 5.23. The van der Waals surface area contributed by atoms with Crippen molar-refractivity contribution in [3.63, 3.8) is 0 Å². The van der Waals surface area contributed by atoms with Gasteiger partial charge in [0.25, 0.3) is 0 Å². The zero-order valence-electron chi connectivity index (χ0n) is 12.5. The fourth-order valence-electron chi connectivity index (χ4n) is 1.47. The van der Waals surface area contributed by atoms with E-state index in [4.69, 9.17) is 0 Å². The Bertz CT molecular complexity index is 462. The van der Waals surface area contributed by atoms with Gasteiger partial charge in [-0.3, -0.25) is 0 Å². The van der Waals surface area contributed by atoms with Gasteiger partial charge in [0.2, 0.25) is 0 Å². The molecule has 0 aromatic heterocycles. The smallest absolute Gasteiger partial charge is 0.0249 e. The summed E-state index contributed by atoms with van der Waals surface area (Å²) >= 11 is 0. The van der Waals surface area contributed by atoms with E-state index < -0.39 is 0 Å². The molecule has 1 aromatic rings. The van der Waals surface area contributed by atoms with E-state index in [0.717, 1.165) is 5.56 Å². The second kappa shape index (κ2) is 5.44. The predicted octanol–water partition coefficient (Wildman–Crippen LogP) is 4.94. The lowest BCUT2D eigenvalue weighted by atomic mass is 9.87. The normalized spacial score (nSPS) is 12.3. The first-order chi connectivity index (χ1) is 8.18. The highest BCUT2D eigenvalue weighted by molar-refractivity contribution is 5.39. The number of rotatable bonds is 0. The molecule has 1 rings (SSSR count). The van der Waals surface area contributed by atoms with E-state index in [1.54, 1.807) is 0 Å². The summed E-state index contributed by atoms with van der Waals surface area (Å²) in [5, 5.41) is 0. The predicted molar refractivity (Wildman–Crippen MR) is 80.6 cm³/mol. The molecule has 0 aliphatic rings. The Kier molecular flexibility index (Phi) is 4.41. The van der Waals surface area contributed by atoms with Crippen LogP contribution in [0.1, 0.15) is 52.7 Å². The zero-order chi connectivity index (χ0) is 13.8. The molecule has 1 aromatic carbocycles. The van der Waals surface area contributed by atoms with Gasteiger partial charge in [0.1, 0.15) is 0 Å². The summed E-state index contributed by atoms with van der Waals surface area (Å²) in [7, 11) is 0. The molecule has 0 atom stereocenters. The van der Waals surface area contributed by atoms with Gasteiger partial charge in [-0.2, -0.15) is 0 Å². The lowest BCUT2D eigenvalue weighted by Gasteiger charge is -2.18. The number of hydrogen-bond donors (Lipinski definition) is 0. The highest BCUT2D eigenvalue weighted by Crippen LogP contribution is 2.21. The molecule has 0 heterocycles. The fraction of sp³-hybridized carbons (Fsp3) is 0.444. The molecule has 0 N–H and O–H groups in total. The molecule has 18 heavy (non-hydrogen) atoms. The Hall–Kier alpha value is -1.48. The van der Waals surface area contributed by atoms with Crippen molar-refractivity contribution in [3.8, 4) is 11.8 Å². The standard InChI is InChI=1S/C18H24/c1-17(2,3)14-8-7-9-15-10-12-16(13-11-15)18(4,5)6/h8,10-14H,1-6H3/b14-8+. The van der Waals surface area contributed by atoms with Gasteiger partial charge in [0.15, 0.2) is 0 Å². The van der Waals surface area contributed by atoms with Crippen LogP contribution in [0.25, 0.3) is 0 Å². The van der Waals surface area contributed by atoms with E-state index >= 15 is 0 Å². The molecule has 0 nitrogen and oxygen atoms in total. The molecule has 0 aliphatic heterocycles. The molecule has 0 unspecified atom stereocenters. The molecule has 0 heteroatoms. The van der Waals surface area contributed by atoms with Crippen LogP contribution in [0.4, 0.5) is 0 Å². The maximum absolute atomic E-state index is 3.16. The van der Waals surface area contributed by atoms with Crippen molar-refractivity contribution in [2.45, 2.75) is 47.0 Å². The molecule has 0 saturated heterocycles. The van der Waals surface area contributed by atoms with Gasteiger partial charge in [-0.1, -0.05) is 71.6 Å². The first kappa shape index (κ1) is 14.6. The SMILES string of the molecule is CC(C)(C)/C=C/C#Cc1ccc(C(C)(C)C)cc1. The Morgan fingerprint density at radius 3 is 1.89 bits per heavy atom. The summed E-state index contributed by atoms with van der Waals surface area (Å²) in [4.78, 5) is 0. The molecular formula is C18H24. The maximum Gasteiger partial charge on any atom is 0.0249 e. The maximum atomic E-state index is 3.16. The quantitative estimate of drug-likeness (QED) is 0.564. The topological polar surface area (TPSA) is 0 Å². The highest BCUT2D eigenvalue weighted by atomic mass is 14.2. The van der Waals surface area contributed by atoms with Crippen LogP contribution in [0.15, 0.2) is 36.4 Å². The second-order valence-corrected chi connectivity index (χ2v) is 6.80. The van der Waals surface area contributed by atoms with Gasteiger partial charge < -0.3 is 0 Å². The van der Waals surface area contributed by atoms with Crippen LogP contribution in [0.5, 0.6) is 0 Å². The number of benzene rings is 1. The Morgan fingerprint density at radius 2 is 1.44 bits per heavy atom. The van der Waals surface area contributed by atoms with Crippen LogP contribution in [0, 0.1) is 17.3 Å². The summed E-state index contributed by atoms with van der Waals surface area (Å²) in [6.45, 7) is 13.2. The van der Waals surface area contributed by atoms with Crippen molar-refractivity contribution in [2.24, 2.45) is 5.41 Å². The summed E-state index contributed by atoms with van der Waals surface area (Å²) < 4.78 is 0. The monoisotopic (exact) mass is 240 g/mol. The van der Waals surface area contributed by atoms with Crippen LogP contribution in [0.2, 0.25) is 0 Å². The van der Waals surface area contributed by atoms with Gasteiger partial charge in [-0.05, 0) is 34.6 Å². The van der Waals surface area contributed by atoms with E-state index in [1.807, 2.05) is 6.08 Å². The van der Waals surface area contributed by atoms with E-state index in [9.17, 15) is 0 Å². The summed E-state index contributed by atoms with van der Waals surface area (Å²) in [5.41, 5.74) is 2.82. The minimum absolute atomic E-state index is 0.199. The molecule has 96 valence electrons. The summed E-state index contributed by atoms with van der Waals surface area (Å²) in [5.74, 6) is 6.24. The van der Waals surface area contributed by atoms with E-state index in [1.165, 1.54) is 5.56 Å². The van der Waals surface area contributed by atoms with Crippen LogP contribution in [0.3, 0.4) is 0 Å². The van der Waals surface area contributed by atoms with Crippen molar-refractivity contribution in [3.05, 3.63) is 47.5 Å². The molecule has 0 bridgehead atoms. The fourth-order valence-corrected chi connectivity index (χ4v) is 1.47. The summed E-state index contributed by atoms with van der Waals surface area (Å²) in [6, 6.07) is 8.52. The lowest BCUT2D eigenvalue weighted by Crippen LogP contribution is -2.10. The van der Waals surface area contributed by atoms with Gasteiger partial charge in [-0.25, -0.2) is 0 Å². The molecule has 0 spiro atoms. The Labute approximate surface area is 112 Å². The highest BCUT2D eigenvalue weighted by Gasteiger charge is 2.12. The van der Waals surface area contributed by atoms with Crippen LogP contribution in [-0.4, -0.2) is 0 Å². The van der Waals surface area contributed by atoms with Crippen LogP contribution < -0.4 is 0 Å². The van der Waals surface area contributed by atoms with Crippen LogP contribution >= 0.6 is 0 Å². The minimum Gasteiger partial charge on any atom is -0.0707 e. The third-order valence-corrected chi connectivity index (χ3v) is 2.63. The average Bonchev–Trinajstić information content (AvgIpc) is 2.22. The van der Waals surface area contributed by atoms with Crippen molar-refractivity contribution >= 4 is 0 Å². The minimum atomic E-state index is 0.199. The zero-order valence-corrected chi connectivity index (χ0v) is 12.5. The largest absolute Gasteiger partial charge is 0.0707 e. The molecular weight excluding hydrogens is 216 g/mol. The molecule has 0 radical (unpaired) electrons. The molecule has 0 amide bonds. The van der Waals surface area contributed by atoms with Crippen LogP contribution in [-0.2, 0) is 5.41 Å². The Morgan fingerprint density at radius 1 is 0.889 bits per heavy atom. The lowest BCUT2D eigenvalue weighted by molar-refractivity contribution is 0.544. The molecule has 0 fully saturated rings. The second-order valence-electron chi connectivity index (χ2n) is 6.80. The summed E-state index contributed by atoms with van der Waals surface area (Å²) in [6.07, 6.45) is 4.07. The molecule has 0 saturated carbocycles. The van der Waals surface area contributed by atoms with Gasteiger partial charge in [-0.15, -0.1) is 0 Å². The van der Waals surface area contributed by atoms with Crippen molar-refractivity contribution in [1.82, 2.24) is 0 Å². The van der Waals surface area contributed by atoms with Crippen molar-refractivity contribution in [1.29, 1.82) is 0 Å². The Balaban J connectivity index is 2.77. The van der Waals surface area contributed by atoms with E-state index in [2.05, 4.69) is 83.7 Å². The van der Waals surface area contributed by atoms with E-state index in [-0.39, 0.29) is 10.8 Å².